The summed E-state index contributed by atoms with van der Waals surface area (Å²) in [4.78, 5) is 11.1. The maximum absolute atomic E-state index is 5.74. The molecule has 138 valence electrons. The van der Waals surface area contributed by atoms with Gasteiger partial charge in [0.25, 0.3) is 5.89 Å². The molecule has 0 bridgehead atoms. The maximum Gasteiger partial charge on any atom is 0.263 e. The Kier molecular flexibility index (Phi) is 4.60. The molecule has 0 aliphatic rings. The summed E-state index contributed by atoms with van der Waals surface area (Å²) >= 11 is 0. The Hall–Kier alpha value is -3.19. The van der Waals surface area contributed by atoms with Crippen LogP contribution in [0.25, 0.3) is 23.0 Å². The van der Waals surface area contributed by atoms with E-state index in [1.165, 1.54) is 0 Å². The second-order valence-electron chi connectivity index (χ2n) is 6.48. The molecule has 4 aromatic rings. The number of aryl methyl sites for hydroxylation is 2. The summed E-state index contributed by atoms with van der Waals surface area (Å²) in [5.41, 5.74) is 1.78. The van der Waals surface area contributed by atoms with Gasteiger partial charge in [0, 0.05) is 12.1 Å². The fourth-order valence-corrected chi connectivity index (χ4v) is 2.80. The Morgan fingerprint density at radius 3 is 2.48 bits per heavy atom. The van der Waals surface area contributed by atoms with Gasteiger partial charge >= 0.3 is 0 Å². The zero-order valence-corrected chi connectivity index (χ0v) is 15.5. The van der Waals surface area contributed by atoms with E-state index in [4.69, 9.17) is 13.4 Å². The molecule has 0 aliphatic carbocycles. The minimum atomic E-state index is 0.494. The van der Waals surface area contributed by atoms with Crippen LogP contribution in [-0.4, -0.2) is 27.1 Å². The Morgan fingerprint density at radius 2 is 1.74 bits per heavy atom. The number of hydrogen-bond donors (Lipinski definition) is 0. The molecule has 0 unspecified atom stereocenters. The minimum Gasteiger partial charge on any atom is -0.456 e. The highest BCUT2D eigenvalue weighted by atomic mass is 16.5. The fraction of sp³-hybridized carbons (Fsp3) is 0.250. The van der Waals surface area contributed by atoms with Gasteiger partial charge in [-0.25, -0.2) is 4.98 Å². The molecule has 3 heterocycles. The molecule has 1 aromatic carbocycles. The van der Waals surface area contributed by atoms with E-state index in [9.17, 15) is 0 Å². The lowest BCUT2D eigenvalue weighted by Crippen LogP contribution is -2.18. The van der Waals surface area contributed by atoms with Crippen LogP contribution >= 0.6 is 0 Å². The van der Waals surface area contributed by atoms with Crippen LogP contribution < -0.4 is 0 Å². The standard InChI is InChI=1S/C20H20N4O3/c1-13-9-10-17(25-13)20-21-16(14(2)26-20)11-24(3)12-18-22-19(23-27-18)15-7-5-4-6-8-15/h4-10H,11-12H2,1-3H3. The number of oxazole rings is 1. The highest BCUT2D eigenvalue weighted by molar-refractivity contribution is 5.53. The topological polar surface area (TPSA) is 81.3 Å². The normalized spacial score (nSPS) is 11.4. The van der Waals surface area contributed by atoms with Gasteiger partial charge in [-0.1, -0.05) is 35.5 Å². The van der Waals surface area contributed by atoms with E-state index < -0.39 is 0 Å². The highest BCUT2D eigenvalue weighted by Gasteiger charge is 2.17. The Labute approximate surface area is 156 Å². The molecule has 0 N–H and O–H groups in total. The molecule has 0 saturated heterocycles. The Bertz CT molecular complexity index is 1030. The highest BCUT2D eigenvalue weighted by Crippen LogP contribution is 2.24. The zero-order valence-electron chi connectivity index (χ0n) is 15.5. The van der Waals surface area contributed by atoms with Crippen LogP contribution in [-0.2, 0) is 13.1 Å². The average molecular weight is 364 g/mol. The number of nitrogens with zero attached hydrogens (tertiary/aromatic N) is 4. The molecular formula is C20H20N4O3. The molecule has 0 atom stereocenters. The first-order valence-corrected chi connectivity index (χ1v) is 8.68. The summed E-state index contributed by atoms with van der Waals surface area (Å²) < 4.78 is 16.7. The summed E-state index contributed by atoms with van der Waals surface area (Å²) in [6, 6.07) is 13.5. The molecule has 0 spiro atoms. The van der Waals surface area contributed by atoms with Gasteiger partial charge in [0.15, 0.2) is 5.76 Å². The van der Waals surface area contributed by atoms with Crippen LogP contribution in [0.5, 0.6) is 0 Å². The van der Waals surface area contributed by atoms with Crippen molar-refractivity contribution in [2.75, 3.05) is 7.05 Å². The average Bonchev–Trinajstić information content (AvgIpc) is 3.37. The number of hydrogen-bond acceptors (Lipinski definition) is 7. The van der Waals surface area contributed by atoms with Crippen molar-refractivity contribution >= 4 is 0 Å². The molecule has 7 nitrogen and oxygen atoms in total. The molecular weight excluding hydrogens is 344 g/mol. The smallest absolute Gasteiger partial charge is 0.263 e. The predicted molar refractivity (Wildman–Crippen MR) is 98.6 cm³/mol. The Morgan fingerprint density at radius 1 is 0.926 bits per heavy atom. The van der Waals surface area contributed by atoms with Crippen LogP contribution in [0, 0.1) is 13.8 Å². The summed E-state index contributed by atoms with van der Waals surface area (Å²) in [7, 11) is 1.97. The van der Waals surface area contributed by atoms with Gasteiger partial charge in [-0.15, -0.1) is 0 Å². The van der Waals surface area contributed by atoms with Crippen LogP contribution in [0.3, 0.4) is 0 Å². The van der Waals surface area contributed by atoms with Crippen molar-refractivity contribution in [3.8, 4) is 23.0 Å². The van der Waals surface area contributed by atoms with E-state index in [0.717, 1.165) is 22.8 Å². The number of furan rings is 1. The van der Waals surface area contributed by atoms with Crippen LogP contribution in [0.15, 0.2) is 55.8 Å². The van der Waals surface area contributed by atoms with Crippen LogP contribution in [0.4, 0.5) is 0 Å². The first kappa shape index (κ1) is 17.2. The van der Waals surface area contributed by atoms with Crippen LogP contribution in [0.2, 0.25) is 0 Å². The van der Waals surface area contributed by atoms with Gasteiger partial charge in [-0.05, 0) is 33.0 Å². The predicted octanol–water partition coefficient (Wildman–Crippen LogP) is 4.23. The Balaban J connectivity index is 1.43. The van der Waals surface area contributed by atoms with Gasteiger partial charge < -0.3 is 13.4 Å². The minimum absolute atomic E-state index is 0.494. The molecule has 0 fully saturated rings. The molecule has 7 heteroatoms. The summed E-state index contributed by atoms with van der Waals surface area (Å²) in [5.74, 6) is 3.86. The number of benzene rings is 1. The second kappa shape index (κ2) is 7.20. The van der Waals surface area contributed by atoms with E-state index in [-0.39, 0.29) is 0 Å². The summed E-state index contributed by atoms with van der Waals surface area (Å²) in [6.45, 7) is 4.90. The molecule has 0 saturated carbocycles. The van der Waals surface area contributed by atoms with E-state index in [2.05, 4.69) is 15.1 Å². The lowest BCUT2D eigenvalue weighted by atomic mass is 10.2. The molecule has 27 heavy (non-hydrogen) atoms. The lowest BCUT2D eigenvalue weighted by Gasteiger charge is -2.12. The van der Waals surface area contributed by atoms with Gasteiger partial charge in [0.2, 0.25) is 11.7 Å². The van der Waals surface area contributed by atoms with Crippen molar-refractivity contribution in [3.63, 3.8) is 0 Å². The first-order valence-electron chi connectivity index (χ1n) is 8.68. The largest absolute Gasteiger partial charge is 0.456 e. The van der Waals surface area contributed by atoms with Gasteiger partial charge in [-0.3, -0.25) is 4.90 Å². The maximum atomic E-state index is 5.74. The number of aromatic nitrogens is 3. The van der Waals surface area contributed by atoms with Gasteiger partial charge in [0.05, 0.1) is 12.2 Å². The zero-order chi connectivity index (χ0) is 18.8. The van der Waals surface area contributed by atoms with Gasteiger partial charge in [0.1, 0.15) is 11.5 Å². The van der Waals surface area contributed by atoms with Crippen molar-refractivity contribution in [1.82, 2.24) is 20.0 Å². The van der Waals surface area contributed by atoms with Crippen LogP contribution in [0.1, 0.15) is 23.1 Å². The van der Waals surface area contributed by atoms with Gasteiger partial charge in [-0.2, -0.15) is 4.98 Å². The second-order valence-corrected chi connectivity index (χ2v) is 6.48. The molecule has 0 amide bonds. The lowest BCUT2D eigenvalue weighted by molar-refractivity contribution is 0.258. The van der Waals surface area contributed by atoms with E-state index >= 15 is 0 Å². The molecule has 0 radical (unpaired) electrons. The van der Waals surface area contributed by atoms with Crippen molar-refractivity contribution in [1.29, 1.82) is 0 Å². The molecule has 0 aliphatic heterocycles. The van der Waals surface area contributed by atoms with E-state index in [1.54, 1.807) is 0 Å². The molecule has 3 aromatic heterocycles. The third-order valence-corrected chi connectivity index (χ3v) is 4.17. The number of rotatable bonds is 6. The third kappa shape index (κ3) is 3.83. The van der Waals surface area contributed by atoms with Crippen molar-refractivity contribution in [2.45, 2.75) is 26.9 Å². The summed E-state index contributed by atoms with van der Waals surface area (Å²) in [6.07, 6.45) is 0. The van der Waals surface area contributed by atoms with Crippen molar-refractivity contribution in [3.05, 3.63) is 65.6 Å². The van der Waals surface area contributed by atoms with Crippen molar-refractivity contribution < 1.29 is 13.4 Å². The quantitative estimate of drug-likeness (QED) is 0.506. The van der Waals surface area contributed by atoms with E-state index in [0.29, 0.717) is 36.5 Å². The van der Waals surface area contributed by atoms with Crippen molar-refractivity contribution in [2.24, 2.45) is 0 Å². The van der Waals surface area contributed by atoms with E-state index in [1.807, 2.05) is 68.3 Å². The monoisotopic (exact) mass is 364 g/mol. The molecule has 4 rings (SSSR count). The fourth-order valence-electron chi connectivity index (χ4n) is 2.80. The SMILES string of the molecule is Cc1ccc(-c2nc(CN(C)Cc3nc(-c4ccccc4)no3)c(C)o2)o1. The summed E-state index contributed by atoms with van der Waals surface area (Å²) in [5, 5.41) is 4.05. The first-order chi connectivity index (χ1) is 13.1. The third-order valence-electron chi connectivity index (χ3n) is 4.17.